The summed E-state index contributed by atoms with van der Waals surface area (Å²) in [6.07, 6.45) is 0. The number of rotatable bonds is 5. The Morgan fingerprint density at radius 3 is 2.43 bits per heavy atom. The molecule has 0 saturated carbocycles. The number of aromatic nitrogens is 1. The van der Waals surface area contributed by atoms with E-state index in [0.717, 1.165) is 3.97 Å². The first kappa shape index (κ1) is 19.9. The molecule has 0 aliphatic rings. The third-order valence-electron chi connectivity index (χ3n) is 4.12. The summed E-state index contributed by atoms with van der Waals surface area (Å²) < 4.78 is 32.5. The average molecular weight is 421 g/mol. The number of nitrogens with one attached hydrogen (secondary N) is 1. The van der Waals surface area contributed by atoms with Gasteiger partial charge in [-0.3, -0.25) is 4.79 Å². The van der Waals surface area contributed by atoms with Gasteiger partial charge in [0.25, 0.3) is 10.0 Å². The Labute approximate surface area is 166 Å². The van der Waals surface area contributed by atoms with Gasteiger partial charge in [0.1, 0.15) is 0 Å². The summed E-state index contributed by atoms with van der Waals surface area (Å²) in [5.74, 6) is -0.984. The first-order valence-corrected chi connectivity index (χ1v) is 10.0. The van der Waals surface area contributed by atoms with Crippen LogP contribution in [0.25, 0.3) is 10.9 Å². The van der Waals surface area contributed by atoms with Gasteiger partial charge in [-0.05, 0) is 30.3 Å². The van der Waals surface area contributed by atoms with E-state index >= 15 is 0 Å². The number of nitrogens with zero attached hydrogens (tertiary/aromatic N) is 1. The summed E-state index contributed by atoms with van der Waals surface area (Å²) in [7, 11) is -2.78. The Hall–Kier alpha value is -2.84. The van der Waals surface area contributed by atoms with Crippen molar-refractivity contribution in [2.75, 3.05) is 7.11 Å². The maximum Gasteiger partial charge on any atom is 0.339 e. The van der Waals surface area contributed by atoms with Gasteiger partial charge in [0.05, 0.1) is 40.3 Å². The molecule has 7 nitrogen and oxygen atoms in total. The van der Waals surface area contributed by atoms with E-state index < -0.39 is 16.0 Å². The number of benzene rings is 2. The van der Waals surface area contributed by atoms with E-state index in [1.807, 2.05) is 0 Å². The predicted molar refractivity (Wildman–Crippen MR) is 105 cm³/mol. The molecule has 1 amide bonds. The van der Waals surface area contributed by atoms with Crippen molar-refractivity contribution in [1.82, 2.24) is 9.29 Å². The van der Waals surface area contributed by atoms with Crippen LogP contribution in [0, 0.1) is 0 Å². The number of amides is 1. The van der Waals surface area contributed by atoms with Crippen LogP contribution in [-0.2, 0) is 26.1 Å². The summed E-state index contributed by atoms with van der Waals surface area (Å²) in [5.41, 5.74) is 0.631. The zero-order valence-corrected chi connectivity index (χ0v) is 16.7. The highest BCUT2D eigenvalue weighted by Crippen LogP contribution is 2.30. The van der Waals surface area contributed by atoms with E-state index in [1.54, 1.807) is 24.3 Å². The molecule has 0 radical (unpaired) electrons. The van der Waals surface area contributed by atoms with E-state index in [1.165, 1.54) is 38.3 Å². The van der Waals surface area contributed by atoms with E-state index in [4.69, 9.17) is 16.3 Å². The third kappa shape index (κ3) is 3.61. The normalized spacial score (nSPS) is 11.4. The van der Waals surface area contributed by atoms with Crippen molar-refractivity contribution in [2.24, 2.45) is 0 Å². The first-order valence-electron chi connectivity index (χ1n) is 8.23. The van der Waals surface area contributed by atoms with Crippen molar-refractivity contribution < 1.29 is 22.7 Å². The fourth-order valence-electron chi connectivity index (χ4n) is 2.85. The van der Waals surface area contributed by atoms with E-state index in [0.29, 0.717) is 11.1 Å². The number of methoxy groups -OCH3 is 1. The summed E-state index contributed by atoms with van der Waals surface area (Å²) >= 11 is 6.17. The Bertz CT molecular complexity index is 1170. The lowest BCUT2D eigenvalue weighted by atomic mass is 10.1. The summed E-state index contributed by atoms with van der Waals surface area (Å²) in [6, 6.07) is 12.4. The number of carbonyl (C=O) groups excluding carboxylic acids is 2. The molecule has 28 heavy (non-hydrogen) atoms. The second-order valence-corrected chi connectivity index (χ2v) is 8.20. The topological polar surface area (TPSA) is 94.5 Å². The maximum atomic E-state index is 13.3. The molecule has 3 aromatic rings. The molecule has 1 aromatic heterocycles. The van der Waals surface area contributed by atoms with Crippen LogP contribution in [0.4, 0.5) is 0 Å². The number of halogens is 1. The zero-order valence-electron chi connectivity index (χ0n) is 15.1. The zero-order chi connectivity index (χ0) is 20.5. The lowest BCUT2D eigenvalue weighted by Crippen LogP contribution is -2.23. The molecule has 0 bridgehead atoms. The number of fused-ring (bicyclic) bond motifs is 1. The number of hydrogen-bond donors (Lipinski definition) is 1. The highest BCUT2D eigenvalue weighted by Gasteiger charge is 2.25. The SMILES string of the molecule is COC(=O)c1cc2c(cc1Cl)cc(CNC(C)=O)n2S(=O)(=O)c1ccccc1. The van der Waals surface area contributed by atoms with E-state index in [9.17, 15) is 18.0 Å². The second kappa shape index (κ2) is 7.65. The van der Waals surface area contributed by atoms with Crippen molar-refractivity contribution >= 4 is 44.4 Å². The largest absolute Gasteiger partial charge is 0.465 e. The molecule has 1 heterocycles. The molecule has 3 rings (SSSR count). The Kier molecular flexibility index (Phi) is 5.44. The van der Waals surface area contributed by atoms with Crippen molar-refractivity contribution in [2.45, 2.75) is 18.4 Å². The van der Waals surface area contributed by atoms with Crippen LogP contribution in [0.3, 0.4) is 0 Å². The molecular weight excluding hydrogens is 404 g/mol. The predicted octanol–water partition coefficient (Wildman–Crippen LogP) is 2.95. The highest BCUT2D eigenvalue weighted by molar-refractivity contribution is 7.90. The molecule has 0 fully saturated rings. The molecule has 0 aliphatic carbocycles. The monoisotopic (exact) mass is 420 g/mol. The maximum absolute atomic E-state index is 13.3. The Morgan fingerprint density at radius 2 is 1.82 bits per heavy atom. The average Bonchev–Trinajstić information content (AvgIpc) is 3.03. The van der Waals surface area contributed by atoms with Crippen molar-refractivity contribution in [3.63, 3.8) is 0 Å². The molecule has 0 aliphatic heterocycles. The highest BCUT2D eigenvalue weighted by atomic mass is 35.5. The molecule has 0 spiro atoms. The molecule has 9 heteroatoms. The molecule has 1 N–H and O–H groups in total. The van der Waals surface area contributed by atoms with E-state index in [-0.39, 0.29) is 33.5 Å². The number of ether oxygens (including phenoxy) is 1. The van der Waals surface area contributed by atoms with Gasteiger partial charge in [0, 0.05) is 12.3 Å². The lowest BCUT2D eigenvalue weighted by Gasteiger charge is -2.13. The number of hydrogen-bond acceptors (Lipinski definition) is 5. The van der Waals surface area contributed by atoms with Crippen LogP contribution >= 0.6 is 11.6 Å². The third-order valence-corrected chi connectivity index (χ3v) is 6.22. The smallest absolute Gasteiger partial charge is 0.339 e. The fraction of sp³-hybridized carbons (Fsp3) is 0.158. The second-order valence-electron chi connectivity index (χ2n) is 6.01. The summed E-state index contributed by atoms with van der Waals surface area (Å²) in [4.78, 5) is 23.4. The quantitative estimate of drug-likeness (QED) is 0.640. The summed E-state index contributed by atoms with van der Waals surface area (Å²) in [5, 5.41) is 3.25. The first-order chi connectivity index (χ1) is 13.3. The molecule has 2 aromatic carbocycles. The lowest BCUT2D eigenvalue weighted by molar-refractivity contribution is -0.119. The molecular formula is C19H17ClN2O5S. The van der Waals surface area contributed by atoms with Crippen LogP contribution in [0.2, 0.25) is 5.02 Å². The molecule has 146 valence electrons. The standard InChI is InChI=1S/C19H17ClN2O5S/c1-12(23)21-11-14-8-13-9-17(20)16(19(24)27-2)10-18(13)22(14)28(25,26)15-6-4-3-5-7-15/h3-10H,11H2,1-2H3,(H,21,23). The molecule has 0 atom stereocenters. The van der Waals surface area contributed by atoms with Gasteiger partial charge in [-0.25, -0.2) is 17.2 Å². The van der Waals surface area contributed by atoms with Crippen LogP contribution in [0.5, 0.6) is 0 Å². The van der Waals surface area contributed by atoms with Crippen molar-refractivity contribution in [3.8, 4) is 0 Å². The van der Waals surface area contributed by atoms with Crippen molar-refractivity contribution in [3.05, 3.63) is 64.8 Å². The van der Waals surface area contributed by atoms with Crippen LogP contribution < -0.4 is 5.32 Å². The minimum absolute atomic E-state index is 0.0126. The Balaban J connectivity index is 2.31. The van der Waals surface area contributed by atoms with Gasteiger partial charge < -0.3 is 10.1 Å². The number of carbonyl (C=O) groups is 2. The Morgan fingerprint density at radius 1 is 1.14 bits per heavy atom. The van der Waals surface area contributed by atoms with Gasteiger partial charge in [0.2, 0.25) is 5.91 Å². The van der Waals surface area contributed by atoms with Crippen LogP contribution in [0.15, 0.2) is 53.4 Å². The minimum Gasteiger partial charge on any atom is -0.465 e. The van der Waals surface area contributed by atoms with Gasteiger partial charge in [-0.15, -0.1) is 0 Å². The van der Waals surface area contributed by atoms with Crippen LogP contribution in [0.1, 0.15) is 23.0 Å². The van der Waals surface area contributed by atoms with E-state index in [2.05, 4.69) is 5.32 Å². The van der Waals surface area contributed by atoms with Crippen LogP contribution in [-0.4, -0.2) is 31.4 Å². The number of esters is 1. The minimum atomic E-state index is -3.99. The van der Waals surface area contributed by atoms with Gasteiger partial charge in [-0.2, -0.15) is 0 Å². The van der Waals surface area contributed by atoms with Crippen molar-refractivity contribution in [1.29, 1.82) is 0 Å². The molecule has 0 saturated heterocycles. The molecule has 0 unspecified atom stereocenters. The van der Waals surface area contributed by atoms with Gasteiger partial charge >= 0.3 is 5.97 Å². The van der Waals surface area contributed by atoms with Gasteiger partial charge in [0.15, 0.2) is 0 Å². The van der Waals surface area contributed by atoms with Gasteiger partial charge in [-0.1, -0.05) is 29.8 Å². The summed E-state index contributed by atoms with van der Waals surface area (Å²) in [6.45, 7) is 1.33. The fourth-order valence-corrected chi connectivity index (χ4v) is 4.65.